The molecule has 3 aromatic carbocycles. The largest absolute Gasteiger partial charge is 0.476 e. The maximum absolute atomic E-state index is 13.1. The molecule has 0 aliphatic rings. The van der Waals surface area contributed by atoms with Crippen LogP contribution in [0.15, 0.2) is 78.9 Å². The molecule has 1 N–H and O–H groups in total. The van der Waals surface area contributed by atoms with Crippen molar-refractivity contribution in [2.75, 3.05) is 12.4 Å². The summed E-state index contributed by atoms with van der Waals surface area (Å²) in [6.45, 7) is 0. The van der Waals surface area contributed by atoms with Crippen molar-refractivity contribution in [3.8, 4) is 5.75 Å². The molecule has 142 valence electrons. The van der Waals surface area contributed by atoms with Crippen molar-refractivity contribution in [1.29, 1.82) is 0 Å². The lowest BCUT2D eigenvalue weighted by Crippen LogP contribution is -2.25. The maximum Gasteiger partial charge on any atom is 0.337 e. The molecule has 0 aromatic heterocycles. The topological polar surface area (TPSA) is 64.6 Å². The summed E-state index contributed by atoms with van der Waals surface area (Å²) in [5, 5.41) is 2.71. The van der Waals surface area contributed by atoms with Crippen LogP contribution < -0.4 is 10.1 Å². The normalized spacial score (nSPS) is 11.4. The van der Waals surface area contributed by atoms with Gasteiger partial charge in [0.1, 0.15) is 11.6 Å². The Morgan fingerprint density at radius 2 is 1.64 bits per heavy atom. The summed E-state index contributed by atoms with van der Waals surface area (Å²) in [6.07, 6.45) is -0.973. The third-order valence-electron chi connectivity index (χ3n) is 3.96. The molecule has 0 bridgehead atoms. The van der Waals surface area contributed by atoms with Gasteiger partial charge in [-0.2, -0.15) is 0 Å². The van der Waals surface area contributed by atoms with Gasteiger partial charge in [0.05, 0.1) is 12.7 Å². The van der Waals surface area contributed by atoms with E-state index in [2.05, 4.69) is 5.32 Å². The summed E-state index contributed by atoms with van der Waals surface area (Å²) < 4.78 is 23.7. The highest BCUT2D eigenvalue weighted by molar-refractivity contribution is 5.95. The smallest absolute Gasteiger partial charge is 0.337 e. The van der Waals surface area contributed by atoms with E-state index in [1.807, 2.05) is 6.07 Å². The number of methoxy groups -OCH3 is 1. The zero-order valence-corrected chi connectivity index (χ0v) is 15.1. The summed E-state index contributed by atoms with van der Waals surface area (Å²) >= 11 is 0. The minimum atomic E-state index is -0.973. The molecule has 0 fully saturated rings. The van der Waals surface area contributed by atoms with Crippen LogP contribution in [0.5, 0.6) is 5.75 Å². The highest BCUT2D eigenvalue weighted by Gasteiger charge is 2.23. The fraction of sp³-hybridized carbons (Fsp3) is 0.0909. The first-order valence-corrected chi connectivity index (χ1v) is 8.53. The van der Waals surface area contributed by atoms with E-state index in [4.69, 9.17) is 9.47 Å². The lowest BCUT2D eigenvalue weighted by molar-refractivity contribution is -0.123. The summed E-state index contributed by atoms with van der Waals surface area (Å²) in [4.78, 5) is 24.6. The van der Waals surface area contributed by atoms with E-state index in [-0.39, 0.29) is 0 Å². The molecule has 3 rings (SSSR count). The fourth-order valence-electron chi connectivity index (χ4n) is 2.59. The van der Waals surface area contributed by atoms with Crippen LogP contribution >= 0.6 is 0 Å². The Morgan fingerprint density at radius 1 is 0.929 bits per heavy atom. The highest BCUT2D eigenvalue weighted by atomic mass is 19.1. The number of amides is 1. The van der Waals surface area contributed by atoms with Crippen molar-refractivity contribution in [3.63, 3.8) is 0 Å². The van der Waals surface area contributed by atoms with Crippen molar-refractivity contribution in [1.82, 2.24) is 0 Å². The number of carbonyl (C=O) groups excluding carboxylic acids is 2. The SMILES string of the molecule is COC(=O)c1cccc(O[C@@H](C(=O)Nc2ccc(F)cc2)c2ccccc2)c1. The van der Waals surface area contributed by atoms with Gasteiger partial charge in [-0.05, 0) is 42.5 Å². The first-order chi connectivity index (χ1) is 13.6. The summed E-state index contributed by atoms with van der Waals surface area (Å²) in [7, 11) is 1.29. The van der Waals surface area contributed by atoms with Crippen molar-refractivity contribution < 1.29 is 23.5 Å². The van der Waals surface area contributed by atoms with E-state index in [0.717, 1.165) is 0 Å². The summed E-state index contributed by atoms with van der Waals surface area (Å²) in [5.74, 6) is -0.988. The third kappa shape index (κ3) is 4.73. The Balaban J connectivity index is 1.86. The second-order valence-electron chi connectivity index (χ2n) is 5.92. The zero-order chi connectivity index (χ0) is 19.9. The number of anilines is 1. The molecule has 3 aromatic rings. The molecule has 0 saturated heterocycles. The van der Waals surface area contributed by atoms with Crippen molar-refractivity contribution >= 4 is 17.6 Å². The molecule has 0 aliphatic carbocycles. The van der Waals surface area contributed by atoms with Crippen molar-refractivity contribution in [2.24, 2.45) is 0 Å². The molecule has 0 aliphatic heterocycles. The maximum atomic E-state index is 13.1. The number of hydrogen-bond acceptors (Lipinski definition) is 4. The standard InChI is InChI=1S/C22H18FNO4/c1-27-22(26)16-8-5-9-19(14-16)28-20(15-6-3-2-4-7-15)21(25)24-18-12-10-17(23)11-13-18/h2-14,20H,1H3,(H,24,25)/t20-/m1/s1. The van der Waals surface area contributed by atoms with E-state index in [0.29, 0.717) is 22.6 Å². The molecular formula is C22H18FNO4. The molecular weight excluding hydrogens is 361 g/mol. The second-order valence-corrected chi connectivity index (χ2v) is 5.92. The lowest BCUT2D eigenvalue weighted by atomic mass is 10.1. The molecule has 0 radical (unpaired) electrons. The van der Waals surface area contributed by atoms with Gasteiger partial charge >= 0.3 is 5.97 Å². The number of esters is 1. The van der Waals surface area contributed by atoms with Crippen LogP contribution in [-0.4, -0.2) is 19.0 Å². The average Bonchev–Trinajstić information content (AvgIpc) is 2.74. The third-order valence-corrected chi connectivity index (χ3v) is 3.96. The van der Waals surface area contributed by atoms with Gasteiger partial charge in [0.25, 0.3) is 5.91 Å². The van der Waals surface area contributed by atoms with Gasteiger partial charge in [0.2, 0.25) is 6.10 Å². The number of nitrogens with one attached hydrogen (secondary N) is 1. The van der Waals surface area contributed by atoms with Gasteiger partial charge in [-0.15, -0.1) is 0 Å². The van der Waals surface area contributed by atoms with Gasteiger partial charge in [-0.25, -0.2) is 9.18 Å². The molecule has 0 heterocycles. The van der Waals surface area contributed by atoms with E-state index >= 15 is 0 Å². The molecule has 0 saturated carbocycles. The fourth-order valence-corrected chi connectivity index (χ4v) is 2.59. The Kier molecular flexibility index (Phi) is 6.01. The minimum absolute atomic E-state index is 0.311. The quantitative estimate of drug-likeness (QED) is 0.646. The predicted octanol–water partition coefficient (Wildman–Crippen LogP) is 4.37. The number of carbonyl (C=O) groups is 2. The summed E-state index contributed by atoms with van der Waals surface area (Å²) in [6, 6.07) is 20.8. The molecule has 1 amide bonds. The first-order valence-electron chi connectivity index (χ1n) is 8.53. The Morgan fingerprint density at radius 3 is 2.32 bits per heavy atom. The number of rotatable bonds is 6. The van der Waals surface area contributed by atoms with Crippen LogP contribution in [0, 0.1) is 5.82 Å². The van der Waals surface area contributed by atoms with Crippen molar-refractivity contribution in [2.45, 2.75) is 6.10 Å². The van der Waals surface area contributed by atoms with Crippen LogP contribution in [0.4, 0.5) is 10.1 Å². The molecule has 0 spiro atoms. The molecule has 5 nitrogen and oxygen atoms in total. The van der Waals surface area contributed by atoms with Crippen molar-refractivity contribution in [3.05, 3.63) is 95.8 Å². The molecule has 1 atom stereocenters. The van der Waals surface area contributed by atoms with Crippen LogP contribution in [0.1, 0.15) is 22.0 Å². The second kappa shape index (κ2) is 8.81. The van der Waals surface area contributed by atoms with Gasteiger partial charge in [-0.3, -0.25) is 4.79 Å². The van der Waals surface area contributed by atoms with Gasteiger partial charge in [-0.1, -0.05) is 36.4 Å². The van der Waals surface area contributed by atoms with Gasteiger partial charge in [0, 0.05) is 11.3 Å². The first kappa shape index (κ1) is 19.1. The highest BCUT2D eigenvalue weighted by Crippen LogP contribution is 2.25. The number of hydrogen-bond donors (Lipinski definition) is 1. The minimum Gasteiger partial charge on any atom is -0.476 e. The molecule has 0 unspecified atom stereocenters. The Labute approximate surface area is 161 Å². The van der Waals surface area contributed by atoms with Crippen LogP contribution in [-0.2, 0) is 9.53 Å². The van der Waals surface area contributed by atoms with E-state index < -0.39 is 23.8 Å². The molecule has 6 heteroatoms. The van der Waals surface area contributed by atoms with Crippen LogP contribution in [0.2, 0.25) is 0 Å². The van der Waals surface area contributed by atoms with E-state index in [1.54, 1.807) is 42.5 Å². The zero-order valence-electron chi connectivity index (χ0n) is 15.1. The van der Waals surface area contributed by atoms with Gasteiger partial charge < -0.3 is 14.8 Å². The molecule has 28 heavy (non-hydrogen) atoms. The van der Waals surface area contributed by atoms with Crippen LogP contribution in [0.25, 0.3) is 0 Å². The Bertz CT molecular complexity index is 958. The number of benzene rings is 3. The predicted molar refractivity (Wildman–Crippen MR) is 103 cm³/mol. The van der Waals surface area contributed by atoms with Gasteiger partial charge in [0.15, 0.2) is 0 Å². The lowest BCUT2D eigenvalue weighted by Gasteiger charge is -2.19. The van der Waals surface area contributed by atoms with E-state index in [9.17, 15) is 14.0 Å². The summed E-state index contributed by atoms with van der Waals surface area (Å²) in [5.41, 5.74) is 1.38. The van der Waals surface area contributed by atoms with E-state index in [1.165, 1.54) is 37.4 Å². The Hall–Kier alpha value is -3.67. The average molecular weight is 379 g/mol. The number of halogens is 1. The number of ether oxygens (including phenoxy) is 2. The monoisotopic (exact) mass is 379 g/mol. The van der Waals surface area contributed by atoms with Crippen LogP contribution in [0.3, 0.4) is 0 Å².